The molecule has 1 atom stereocenters. The molecule has 31 heavy (non-hydrogen) atoms. The number of rotatable bonds is 6. The lowest BCUT2D eigenvalue weighted by Gasteiger charge is -2.32. The number of nitrogens with zero attached hydrogens (tertiary/aromatic N) is 4. The van der Waals surface area contributed by atoms with Crippen LogP contribution in [0.5, 0.6) is 0 Å². The van der Waals surface area contributed by atoms with Crippen LogP contribution < -0.4 is 5.32 Å². The van der Waals surface area contributed by atoms with Crippen molar-refractivity contribution in [3.63, 3.8) is 0 Å². The van der Waals surface area contributed by atoms with Crippen molar-refractivity contribution < 1.29 is 4.79 Å². The number of hydrogen-bond acceptors (Lipinski definition) is 4. The largest absolute Gasteiger partial charge is 0.384 e. The van der Waals surface area contributed by atoms with Gasteiger partial charge in [-0.1, -0.05) is 18.2 Å². The van der Waals surface area contributed by atoms with Crippen LogP contribution in [0.4, 0.5) is 0 Å². The highest BCUT2D eigenvalue weighted by Crippen LogP contribution is 2.23. The van der Waals surface area contributed by atoms with Crippen molar-refractivity contribution in [1.82, 2.24) is 29.6 Å². The summed E-state index contributed by atoms with van der Waals surface area (Å²) >= 11 is 0. The Labute approximate surface area is 180 Å². The van der Waals surface area contributed by atoms with E-state index in [0.29, 0.717) is 12.4 Å². The highest BCUT2D eigenvalue weighted by molar-refractivity contribution is 5.94. The molecule has 0 unspecified atom stereocenters. The topological polar surface area (TPSA) is 78.3 Å². The Bertz CT molecular complexity index is 1220. The van der Waals surface area contributed by atoms with Gasteiger partial charge in [0.15, 0.2) is 5.82 Å². The molecular weight excluding hydrogens is 388 g/mol. The summed E-state index contributed by atoms with van der Waals surface area (Å²) < 4.78 is 2.03. The molecule has 7 nitrogen and oxygen atoms in total. The lowest BCUT2D eigenvalue weighted by molar-refractivity contribution is 0.0700. The van der Waals surface area contributed by atoms with Gasteiger partial charge >= 0.3 is 0 Å². The van der Waals surface area contributed by atoms with Crippen LogP contribution in [0.1, 0.15) is 42.4 Å². The highest BCUT2D eigenvalue weighted by atomic mass is 16.2. The van der Waals surface area contributed by atoms with Gasteiger partial charge in [0.05, 0.1) is 17.1 Å². The molecular formula is C24H26N6O. The Morgan fingerprint density at radius 3 is 3.06 bits per heavy atom. The van der Waals surface area contributed by atoms with Crippen molar-refractivity contribution in [1.29, 1.82) is 0 Å². The number of aromatic amines is 1. The number of aromatic nitrogens is 4. The second-order valence-electron chi connectivity index (χ2n) is 7.93. The third-order valence-electron chi connectivity index (χ3n) is 5.90. The molecule has 7 heteroatoms. The Morgan fingerprint density at radius 2 is 2.19 bits per heavy atom. The van der Waals surface area contributed by atoms with Gasteiger partial charge < -0.3 is 19.6 Å². The summed E-state index contributed by atoms with van der Waals surface area (Å²) in [5.74, 6) is 0.358. The van der Waals surface area contributed by atoms with E-state index in [-0.39, 0.29) is 11.9 Å². The van der Waals surface area contributed by atoms with E-state index in [1.165, 1.54) is 11.3 Å². The fourth-order valence-corrected chi connectivity index (χ4v) is 4.30. The number of hydrogen-bond donors (Lipinski definition) is 2. The van der Waals surface area contributed by atoms with E-state index in [0.717, 1.165) is 42.5 Å². The SMILES string of the molecule is CCN(C(=O)c1nc2ccccc2[nH]1)[C@@H]1C=C(NCc2ccc3nccn3c2)CCC1. The zero-order valence-corrected chi connectivity index (χ0v) is 17.6. The van der Waals surface area contributed by atoms with Gasteiger partial charge in [0.25, 0.3) is 5.91 Å². The molecule has 0 aliphatic heterocycles. The minimum atomic E-state index is -0.0493. The molecule has 0 bridgehead atoms. The van der Waals surface area contributed by atoms with Crippen LogP contribution in [0.2, 0.25) is 0 Å². The van der Waals surface area contributed by atoms with Crippen molar-refractivity contribution >= 4 is 22.6 Å². The van der Waals surface area contributed by atoms with Crippen molar-refractivity contribution in [3.8, 4) is 0 Å². The van der Waals surface area contributed by atoms with Crippen molar-refractivity contribution in [3.05, 3.63) is 78.1 Å². The fraction of sp³-hybridized carbons (Fsp3) is 0.292. The number of allylic oxidation sites excluding steroid dienone is 1. The first-order chi connectivity index (χ1) is 15.2. The summed E-state index contributed by atoms with van der Waals surface area (Å²) in [4.78, 5) is 27.1. The van der Waals surface area contributed by atoms with E-state index in [1.807, 2.05) is 52.8 Å². The maximum absolute atomic E-state index is 13.2. The zero-order chi connectivity index (χ0) is 21.2. The van der Waals surface area contributed by atoms with Gasteiger partial charge in [-0.15, -0.1) is 0 Å². The molecule has 0 saturated heterocycles. The Balaban J connectivity index is 1.30. The van der Waals surface area contributed by atoms with Gasteiger partial charge in [-0.25, -0.2) is 9.97 Å². The number of H-pyrrole nitrogens is 1. The van der Waals surface area contributed by atoms with Crippen LogP contribution in [-0.4, -0.2) is 42.7 Å². The lowest BCUT2D eigenvalue weighted by atomic mass is 9.98. The van der Waals surface area contributed by atoms with Gasteiger partial charge in [-0.2, -0.15) is 0 Å². The van der Waals surface area contributed by atoms with Gasteiger partial charge in [0, 0.05) is 37.4 Å². The number of carbonyl (C=O) groups excluding carboxylic acids is 1. The Morgan fingerprint density at radius 1 is 1.29 bits per heavy atom. The van der Waals surface area contributed by atoms with E-state index in [9.17, 15) is 4.79 Å². The molecule has 3 aromatic heterocycles. The molecule has 1 aliphatic carbocycles. The number of fused-ring (bicyclic) bond motifs is 2. The molecule has 158 valence electrons. The van der Waals surface area contributed by atoms with Crippen molar-refractivity contribution in [2.24, 2.45) is 0 Å². The smallest absolute Gasteiger partial charge is 0.290 e. The van der Waals surface area contributed by atoms with Crippen LogP contribution in [0.25, 0.3) is 16.7 Å². The van der Waals surface area contributed by atoms with E-state index in [1.54, 1.807) is 6.20 Å². The predicted octanol–water partition coefficient (Wildman–Crippen LogP) is 3.90. The number of pyridine rings is 1. The molecule has 0 radical (unpaired) electrons. The third kappa shape index (κ3) is 3.91. The van der Waals surface area contributed by atoms with Gasteiger partial charge in [0.2, 0.25) is 0 Å². The summed E-state index contributed by atoms with van der Waals surface area (Å²) in [5, 5.41) is 3.57. The summed E-state index contributed by atoms with van der Waals surface area (Å²) in [6.45, 7) is 3.41. The monoisotopic (exact) mass is 414 g/mol. The number of carbonyl (C=O) groups is 1. The maximum Gasteiger partial charge on any atom is 0.290 e. The first-order valence-corrected chi connectivity index (χ1v) is 10.8. The van der Waals surface area contributed by atoms with Gasteiger partial charge in [-0.3, -0.25) is 4.79 Å². The summed E-state index contributed by atoms with van der Waals surface area (Å²) in [6.07, 6.45) is 11.1. The normalized spacial score (nSPS) is 16.4. The van der Waals surface area contributed by atoms with Crippen molar-refractivity contribution in [2.75, 3.05) is 6.54 Å². The van der Waals surface area contributed by atoms with E-state index < -0.39 is 0 Å². The van der Waals surface area contributed by atoms with E-state index >= 15 is 0 Å². The van der Waals surface area contributed by atoms with E-state index in [4.69, 9.17) is 0 Å². The maximum atomic E-state index is 13.2. The predicted molar refractivity (Wildman–Crippen MR) is 121 cm³/mol. The van der Waals surface area contributed by atoms with Crippen LogP contribution >= 0.6 is 0 Å². The molecule has 0 fully saturated rings. The third-order valence-corrected chi connectivity index (χ3v) is 5.90. The molecule has 5 rings (SSSR count). The van der Waals surface area contributed by atoms with Crippen molar-refractivity contribution in [2.45, 2.75) is 38.8 Å². The first kappa shape index (κ1) is 19.4. The second kappa shape index (κ2) is 8.26. The number of benzene rings is 1. The minimum Gasteiger partial charge on any atom is -0.384 e. The molecule has 0 spiro atoms. The quantitative estimate of drug-likeness (QED) is 0.502. The Kier molecular flexibility index (Phi) is 5.16. The van der Waals surface area contributed by atoms with Crippen LogP contribution in [0.15, 0.2) is 66.8 Å². The zero-order valence-electron chi connectivity index (χ0n) is 17.6. The molecule has 2 N–H and O–H groups in total. The molecule has 0 saturated carbocycles. The minimum absolute atomic E-state index is 0.0493. The fourth-order valence-electron chi connectivity index (χ4n) is 4.30. The number of likely N-dealkylation sites (N-methyl/N-ethyl adjacent to an activating group) is 1. The molecule has 3 heterocycles. The van der Waals surface area contributed by atoms with Crippen LogP contribution in [-0.2, 0) is 6.54 Å². The Hall–Kier alpha value is -3.61. The van der Waals surface area contributed by atoms with Crippen LogP contribution in [0, 0.1) is 0 Å². The number of amides is 1. The number of imidazole rings is 2. The average molecular weight is 415 g/mol. The van der Waals surface area contributed by atoms with Gasteiger partial charge in [-0.05, 0) is 56.0 Å². The molecule has 1 amide bonds. The number of para-hydroxylation sites is 2. The van der Waals surface area contributed by atoms with Crippen LogP contribution in [0.3, 0.4) is 0 Å². The van der Waals surface area contributed by atoms with E-state index in [2.05, 4.69) is 38.6 Å². The first-order valence-electron chi connectivity index (χ1n) is 10.8. The van der Waals surface area contributed by atoms with Gasteiger partial charge in [0.1, 0.15) is 5.65 Å². The molecule has 4 aromatic rings. The summed E-state index contributed by atoms with van der Waals surface area (Å²) in [6, 6.07) is 11.9. The summed E-state index contributed by atoms with van der Waals surface area (Å²) in [5.41, 5.74) is 5.04. The average Bonchev–Trinajstić information content (AvgIpc) is 3.45. The molecule has 1 aromatic carbocycles. The summed E-state index contributed by atoms with van der Waals surface area (Å²) in [7, 11) is 0. The second-order valence-corrected chi connectivity index (χ2v) is 7.93. The number of nitrogens with one attached hydrogen (secondary N) is 2. The standard InChI is InChI=1S/C24H26N6O/c1-2-30(24(31)23-27-20-8-3-4-9-21(20)28-23)19-7-5-6-18(14-19)26-15-17-10-11-22-25-12-13-29(22)16-17/h3-4,8-14,16,19,26H,2,5-7,15H2,1H3,(H,27,28)/t19-/m0/s1. The molecule has 1 aliphatic rings. The lowest BCUT2D eigenvalue weighted by Crippen LogP contribution is -2.41. The highest BCUT2D eigenvalue weighted by Gasteiger charge is 2.26.